The summed E-state index contributed by atoms with van der Waals surface area (Å²) in [4.78, 5) is 26.8. The van der Waals surface area contributed by atoms with Crippen LogP contribution in [0.15, 0.2) is 42.5 Å². The van der Waals surface area contributed by atoms with E-state index in [0.717, 1.165) is 0 Å². The molecule has 0 radical (unpaired) electrons. The summed E-state index contributed by atoms with van der Waals surface area (Å²) in [6.07, 6.45) is 1.24. The highest BCUT2D eigenvalue weighted by Crippen LogP contribution is 2.28. The molecule has 3 rings (SSSR count). The zero-order valence-corrected chi connectivity index (χ0v) is 16.4. The Morgan fingerprint density at radius 3 is 2.33 bits per heavy atom. The summed E-state index contributed by atoms with van der Waals surface area (Å²) < 4.78 is 5.11. The van der Waals surface area contributed by atoms with Crippen molar-refractivity contribution in [2.75, 3.05) is 25.5 Å². The van der Waals surface area contributed by atoms with Crippen LogP contribution in [0.5, 0.6) is 5.75 Å². The normalized spacial score (nSPS) is 14.7. The van der Waals surface area contributed by atoms with Crippen LogP contribution >= 0.6 is 23.2 Å². The second-order valence-corrected chi connectivity index (χ2v) is 7.26. The molecular weight excluding hydrogens is 387 g/mol. The zero-order chi connectivity index (χ0) is 19.4. The number of carbonyl (C=O) groups excluding carboxylic acids is 2. The van der Waals surface area contributed by atoms with E-state index >= 15 is 0 Å². The first-order valence-electron chi connectivity index (χ1n) is 8.67. The van der Waals surface area contributed by atoms with Crippen LogP contribution in [-0.2, 0) is 4.79 Å². The number of piperidine rings is 1. The number of rotatable bonds is 4. The molecule has 0 unspecified atom stereocenters. The lowest BCUT2D eigenvalue weighted by atomic mass is 9.95. The third kappa shape index (κ3) is 4.73. The average Bonchev–Trinajstić information content (AvgIpc) is 2.68. The number of hydrogen-bond acceptors (Lipinski definition) is 3. The van der Waals surface area contributed by atoms with E-state index in [1.54, 1.807) is 54.5 Å². The fourth-order valence-electron chi connectivity index (χ4n) is 3.11. The monoisotopic (exact) mass is 406 g/mol. The fraction of sp³-hybridized carbons (Fsp3) is 0.300. The van der Waals surface area contributed by atoms with Crippen LogP contribution in [0.3, 0.4) is 0 Å². The van der Waals surface area contributed by atoms with Gasteiger partial charge in [0.1, 0.15) is 5.75 Å². The lowest BCUT2D eigenvalue weighted by Gasteiger charge is -2.31. The minimum absolute atomic E-state index is 0.0348. The SMILES string of the molecule is COc1ccc(NC(=O)C2CCN(C(=O)c3ccc(Cl)cc3)CC2)cc1Cl. The van der Waals surface area contributed by atoms with Crippen molar-refractivity contribution in [3.63, 3.8) is 0 Å². The Balaban J connectivity index is 1.55. The molecule has 5 nitrogen and oxygen atoms in total. The molecule has 0 bridgehead atoms. The van der Waals surface area contributed by atoms with Crippen LogP contribution < -0.4 is 10.1 Å². The number of benzene rings is 2. The van der Waals surface area contributed by atoms with Crippen molar-refractivity contribution in [3.05, 3.63) is 58.1 Å². The highest BCUT2D eigenvalue weighted by Gasteiger charge is 2.28. The van der Waals surface area contributed by atoms with Crippen molar-refractivity contribution in [2.24, 2.45) is 5.92 Å². The molecule has 2 aromatic rings. The summed E-state index contributed by atoms with van der Waals surface area (Å²) in [6.45, 7) is 1.09. The standard InChI is InChI=1S/C20H20Cl2N2O3/c1-27-18-7-6-16(12-17(18)22)23-19(25)13-8-10-24(11-9-13)20(26)14-2-4-15(21)5-3-14/h2-7,12-13H,8-11H2,1H3,(H,23,25). The Bertz CT molecular complexity index is 832. The first-order chi connectivity index (χ1) is 13.0. The Labute approximate surface area is 168 Å². The Morgan fingerprint density at radius 1 is 1.07 bits per heavy atom. The van der Waals surface area contributed by atoms with Gasteiger partial charge in [-0.3, -0.25) is 9.59 Å². The maximum absolute atomic E-state index is 12.5. The molecule has 2 aromatic carbocycles. The first kappa shape index (κ1) is 19.5. The number of hydrogen-bond donors (Lipinski definition) is 1. The molecule has 0 atom stereocenters. The molecule has 1 N–H and O–H groups in total. The van der Waals surface area contributed by atoms with Gasteiger partial charge in [-0.05, 0) is 55.3 Å². The number of likely N-dealkylation sites (tertiary alicyclic amines) is 1. The maximum atomic E-state index is 12.5. The molecule has 0 saturated carbocycles. The third-order valence-electron chi connectivity index (χ3n) is 4.66. The van der Waals surface area contributed by atoms with Crippen molar-refractivity contribution in [3.8, 4) is 5.75 Å². The van der Waals surface area contributed by atoms with E-state index in [1.807, 2.05) is 0 Å². The predicted octanol–water partition coefficient (Wildman–Crippen LogP) is 4.49. The molecule has 2 amide bonds. The molecule has 7 heteroatoms. The van der Waals surface area contributed by atoms with Crippen LogP contribution in [0.4, 0.5) is 5.69 Å². The number of nitrogens with zero attached hydrogens (tertiary/aromatic N) is 1. The molecule has 1 saturated heterocycles. The second kappa shape index (κ2) is 8.63. The van der Waals surface area contributed by atoms with Crippen molar-refractivity contribution in [1.29, 1.82) is 0 Å². The van der Waals surface area contributed by atoms with Crippen molar-refractivity contribution in [1.82, 2.24) is 4.90 Å². The summed E-state index contributed by atoms with van der Waals surface area (Å²) in [6, 6.07) is 12.0. The molecule has 1 fully saturated rings. The van der Waals surface area contributed by atoms with Crippen LogP contribution in [-0.4, -0.2) is 36.9 Å². The van der Waals surface area contributed by atoms with Crippen LogP contribution in [0, 0.1) is 5.92 Å². The molecule has 0 aliphatic carbocycles. The van der Waals surface area contributed by atoms with Gasteiger partial charge in [-0.1, -0.05) is 23.2 Å². The third-order valence-corrected chi connectivity index (χ3v) is 5.21. The van der Waals surface area contributed by atoms with Gasteiger partial charge in [0.05, 0.1) is 12.1 Å². The van der Waals surface area contributed by atoms with Crippen molar-refractivity contribution in [2.45, 2.75) is 12.8 Å². The van der Waals surface area contributed by atoms with Gasteiger partial charge >= 0.3 is 0 Å². The lowest BCUT2D eigenvalue weighted by molar-refractivity contribution is -0.121. The molecule has 142 valence electrons. The molecule has 27 heavy (non-hydrogen) atoms. The summed E-state index contributed by atoms with van der Waals surface area (Å²) in [7, 11) is 1.54. The van der Waals surface area contributed by atoms with Gasteiger partial charge in [0, 0.05) is 35.3 Å². The van der Waals surface area contributed by atoms with E-state index in [1.165, 1.54) is 0 Å². The number of halogens is 2. The van der Waals surface area contributed by atoms with E-state index in [2.05, 4.69) is 5.32 Å². The largest absolute Gasteiger partial charge is 0.495 e. The van der Waals surface area contributed by atoms with Crippen molar-refractivity contribution < 1.29 is 14.3 Å². The van der Waals surface area contributed by atoms with Gasteiger partial charge in [-0.25, -0.2) is 0 Å². The first-order valence-corrected chi connectivity index (χ1v) is 9.43. The summed E-state index contributed by atoms with van der Waals surface area (Å²) in [5.74, 6) is 0.325. The number of carbonyl (C=O) groups is 2. The molecule has 0 aromatic heterocycles. The second-order valence-electron chi connectivity index (χ2n) is 6.41. The minimum Gasteiger partial charge on any atom is -0.495 e. The van der Waals surface area contributed by atoms with E-state index in [9.17, 15) is 9.59 Å². The van der Waals surface area contributed by atoms with Gasteiger partial charge in [-0.2, -0.15) is 0 Å². The predicted molar refractivity (Wildman–Crippen MR) is 107 cm³/mol. The molecule has 0 spiro atoms. The van der Waals surface area contributed by atoms with E-state index < -0.39 is 0 Å². The maximum Gasteiger partial charge on any atom is 0.253 e. The Hall–Kier alpha value is -2.24. The molecule has 1 aliphatic rings. The zero-order valence-electron chi connectivity index (χ0n) is 14.9. The molecule has 1 heterocycles. The van der Waals surface area contributed by atoms with E-state index in [0.29, 0.717) is 53.0 Å². The van der Waals surface area contributed by atoms with Crippen LogP contribution in [0.1, 0.15) is 23.2 Å². The summed E-state index contributed by atoms with van der Waals surface area (Å²) in [5, 5.41) is 3.93. The van der Waals surface area contributed by atoms with Gasteiger partial charge in [0.15, 0.2) is 0 Å². The summed E-state index contributed by atoms with van der Waals surface area (Å²) >= 11 is 12.0. The van der Waals surface area contributed by atoms with Gasteiger partial charge in [0.25, 0.3) is 5.91 Å². The van der Waals surface area contributed by atoms with Crippen molar-refractivity contribution >= 4 is 40.7 Å². The van der Waals surface area contributed by atoms with Gasteiger partial charge in [0.2, 0.25) is 5.91 Å². The molecule has 1 aliphatic heterocycles. The average molecular weight is 407 g/mol. The van der Waals surface area contributed by atoms with E-state index in [-0.39, 0.29) is 17.7 Å². The Morgan fingerprint density at radius 2 is 1.74 bits per heavy atom. The highest BCUT2D eigenvalue weighted by atomic mass is 35.5. The fourth-order valence-corrected chi connectivity index (χ4v) is 3.49. The lowest BCUT2D eigenvalue weighted by Crippen LogP contribution is -2.41. The summed E-state index contributed by atoms with van der Waals surface area (Å²) in [5.41, 5.74) is 1.24. The highest BCUT2D eigenvalue weighted by molar-refractivity contribution is 6.32. The van der Waals surface area contributed by atoms with Gasteiger partial charge < -0.3 is 15.0 Å². The van der Waals surface area contributed by atoms with Crippen LogP contribution in [0.2, 0.25) is 10.0 Å². The quantitative estimate of drug-likeness (QED) is 0.813. The number of methoxy groups -OCH3 is 1. The topological polar surface area (TPSA) is 58.6 Å². The number of amides is 2. The Kier molecular flexibility index (Phi) is 6.24. The number of nitrogens with one attached hydrogen (secondary N) is 1. The minimum atomic E-state index is -0.139. The number of anilines is 1. The van der Waals surface area contributed by atoms with Gasteiger partial charge in [-0.15, -0.1) is 0 Å². The molecular formula is C20H20Cl2N2O3. The van der Waals surface area contributed by atoms with Crippen LogP contribution in [0.25, 0.3) is 0 Å². The smallest absolute Gasteiger partial charge is 0.253 e. The van der Waals surface area contributed by atoms with E-state index in [4.69, 9.17) is 27.9 Å². The number of ether oxygens (including phenoxy) is 1.